The predicted molar refractivity (Wildman–Crippen MR) is 261 cm³/mol. The minimum absolute atomic E-state index is 0.00391. The van der Waals surface area contributed by atoms with Crippen molar-refractivity contribution in [2.24, 2.45) is 10.2 Å². The van der Waals surface area contributed by atoms with Crippen LogP contribution in [0.1, 0.15) is 6.92 Å². The number of nitrogens with zero attached hydrogens (tertiary/aromatic N) is 6. The Morgan fingerprint density at radius 3 is 1.65 bits per heavy atom. The molecule has 75 heavy (non-hydrogen) atoms. The van der Waals surface area contributed by atoms with Gasteiger partial charge in [-0.2, -0.15) is 57.0 Å². The van der Waals surface area contributed by atoms with Crippen molar-refractivity contribution in [3.63, 3.8) is 0 Å². The van der Waals surface area contributed by atoms with E-state index >= 15 is 0 Å². The number of nitrogen functional groups attached to an aromatic ring is 1. The van der Waals surface area contributed by atoms with Crippen molar-refractivity contribution < 1.29 is 95.2 Å². The maximum Gasteiger partial charge on any atom is 0.397 e. The number of nitrogens with two attached hydrogens (primary N) is 1. The topological polar surface area (TPSA) is 496 Å². The van der Waals surface area contributed by atoms with Crippen LogP contribution in [-0.2, 0) is 79.2 Å². The fraction of sp³-hybridized carbons (Fsp3) is 0.162. The molecule has 0 atom stereocenters. The number of nitrogens with one attached hydrogen (secondary N) is 2. The molecule has 0 radical (unpaired) electrons. The summed E-state index contributed by atoms with van der Waals surface area (Å²) in [5.41, 5.74) is 3.63. The number of anilines is 7. The molecule has 0 saturated heterocycles. The van der Waals surface area contributed by atoms with Crippen molar-refractivity contribution in [1.29, 1.82) is 0 Å². The zero-order chi connectivity index (χ0) is 55.7. The van der Waals surface area contributed by atoms with E-state index in [-0.39, 0.29) is 45.3 Å². The first-order valence-corrected chi connectivity index (χ1v) is 30.4. The van der Waals surface area contributed by atoms with Crippen molar-refractivity contribution >= 4 is 134 Å². The smallest absolute Gasteiger partial charge is 0.397 e. The molecule has 5 aromatic carbocycles. The highest BCUT2D eigenvalue weighted by atomic mass is 32.3. The highest BCUT2D eigenvalue weighted by Gasteiger charge is 2.26. The Morgan fingerprint density at radius 2 is 1.13 bits per heavy atom. The van der Waals surface area contributed by atoms with Crippen LogP contribution in [0.3, 0.4) is 0 Å². The monoisotopic (exact) mass is 1180 g/mol. The third-order valence-corrected chi connectivity index (χ3v) is 16.7. The van der Waals surface area contributed by atoms with Crippen molar-refractivity contribution in [3.8, 4) is 5.75 Å². The molecule has 10 N–H and O–H groups in total. The van der Waals surface area contributed by atoms with Gasteiger partial charge in [-0.1, -0.05) is 6.07 Å². The standard InChI is InChI=1S/C37H37N9O22S7/c1-2-46(24-7-9-25(10-8-24)69(48,49)14-12-67-74(61,62)63)37-42-35(39-22-4-3-5-26(18-22)70(50,51)15-13-68-75(64,65)66)41-36(43-37)40-23-6-11-30(72(55,56)57)28(19-23)44-45-34-32-21(17-31(33(34)38)73(58,59)60)16-27(20-29(32)47)71(52,53)54/h3-11,16-20,47H,2,12-15,38H2,1H3,(H,52,53,54)(H,55,56,57)(H,58,59,60)(H,61,62,63)(H,64,65,66)(H2,39,40,41,42,43). The highest BCUT2D eigenvalue weighted by molar-refractivity contribution is 7.92. The van der Waals surface area contributed by atoms with Crippen LogP contribution in [-0.4, -0.2) is 133 Å². The Labute approximate surface area is 426 Å². The number of azo groups is 1. The summed E-state index contributed by atoms with van der Waals surface area (Å²) >= 11 is 0. The number of sulfone groups is 2. The molecule has 0 aliphatic carbocycles. The number of phenolic OH excluding ortho intramolecular Hbond substituents is 1. The lowest BCUT2D eigenvalue weighted by Gasteiger charge is -2.22. The minimum atomic E-state index is -5.25. The molecule has 38 heteroatoms. The second-order valence-electron chi connectivity index (χ2n) is 14.9. The van der Waals surface area contributed by atoms with Crippen LogP contribution in [0.2, 0.25) is 0 Å². The largest absolute Gasteiger partial charge is 0.507 e. The van der Waals surface area contributed by atoms with Crippen LogP contribution in [0.4, 0.5) is 52.0 Å². The molecular weight excluding hydrogens is 1150 g/mol. The molecule has 0 saturated carbocycles. The molecule has 404 valence electrons. The number of hydrogen-bond donors (Lipinski definition) is 9. The van der Waals surface area contributed by atoms with Crippen LogP contribution in [0, 0.1) is 0 Å². The lowest BCUT2D eigenvalue weighted by molar-refractivity contribution is 0.282. The van der Waals surface area contributed by atoms with Crippen LogP contribution in [0.15, 0.2) is 120 Å². The van der Waals surface area contributed by atoms with E-state index in [4.69, 9.17) is 14.8 Å². The summed E-state index contributed by atoms with van der Waals surface area (Å²) in [5, 5.41) is 23.0. The maximum absolute atomic E-state index is 13.1. The maximum atomic E-state index is 13.1. The van der Waals surface area contributed by atoms with Gasteiger partial charge in [-0.15, -0.1) is 10.2 Å². The number of rotatable bonds is 22. The van der Waals surface area contributed by atoms with Crippen LogP contribution >= 0.6 is 0 Å². The van der Waals surface area contributed by atoms with Crippen molar-refractivity contribution in [1.82, 2.24) is 15.0 Å². The lowest BCUT2D eigenvalue weighted by Crippen LogP contribution is -2.21. The number of aromatic nitrogens is 3. The average molecular weight is 1180 g/mol. The zero-order valence-electron chi connectivity index (χ0n) is 37.5. The van der Waals surface area contributed by atoms with E-state index in [0.29, 0.717) is 18.2 Å². The first kappa shape index (κ1) is 57.6. The fourth-order valence-electron chi connectivity index (χ4n) is 6.56. The Hall–Kier alpha value is -6.66. The quantitative estimate of drug-likeness (QED) is 0.0267. The second kappa shape index (κ2) is 21.5. The van der Waals surface area contributed by atoms with Gasteiger partial charge in [0.1, 0.15) is 26.9 Å². The summed E-state index contributed by atoms with van der Waals surface area (Å²) in [6.45, 7) is -0.225. The Morgan fingerprint density at radius 1 is 0.587 bits per heavy atom. The minimum Gasteiger partial charge on any atom is -0.507 e. The SMILES string of the molecule is CCN(c1ccc(S(=O)(=O)CCOS(=O)(=O)O)cc1)c1nc(Nc2cccc(S(=O)(=O)CCOS(=O)(=O)O)c2)nc(Nc2ccc(S(=O)(=O)O)c(N=Nc3c(N)c(S(=O)(=O)O)cc4cc(S(=O)(=O)O)cc(O)c34)c2)n1. The number of fused-ring (bicyclic) bond motifs is 1. The van der Waals surface area contributed by atoms with Gasteiger partial charge in [-0.25, -0.2) is 25.2 Å². The molecule has 31 nitrogen and oxygen atoms in total. The van der Waals surface area contributed by atoms with Crippen molar-refractivity contribution in [2.75, 3.05) is 52.5 Å². The molecule has 1 heterocycles. The number of aromatic hydroxyl groups is 1. The van der Waals surface area contributed by atoms with Crippen LogP contribution in [0.25, 0.3) is 10.8 Å². The van der Waals surface area contributed by atoms with E-state index in [2.05, 4.69) is 44.2 Å². The van der Waals surface area contributed by atoms with Gasteiger partial charge < -0.3 is 26.4 Å². The summed E-state index contributed by atoms with van der Waals surface area (Å²) in [5.74, 6) is -3.71. The van der Waals surface area contributed by atoms with Gasteiger partial charge in [0.05, 0.1) is 50.5 Å². The van der Waals surface area contributed by atoms with Gasteiger partial charge in [-0.3, -0.25) is 22.8 Å². The molecule has 6 rings (SSSR count). The summed E-state index contributed by atoms with van der Waals surface area (Å²) in [6.07, 6.45) is 0. The Balaban J connectivity index is 1.45. The van der Waals surface area contributed by atoms with E-state index in [1.165, 1.54) is 29.2 Å². The molecule has 1 aromatic heterocycles. The third kappa shape index (κ3) is 14.8. The Kier molecular flexibility index (Phi) is 16.5. The van der Waals surface area contributed by atoms with Gasteiger partial charge in [0.2, 0.25) is 17.8 Å². The van der Waals surface area contributed by atoms with Gasteiger partial charge in [0.25, 0.3) is 30.4 Å². The molecule has 0 unspecified atom stereocenters. The lowest BCUT2D eigenvalue weighted by atomic mass is 10.1. The van der Waals surface area contributed by atoms with Crippen molar-refractivity contribution in [2.45, 2.75) is 31.4 Å². The second-order valence-corrected chi connectivity index (χ2v) is 25.5. The fourth-order valence-corrected chi connectivity index (χ4v) is 11.4. The number of phenols is 1. The summed E-state index contributed by atoms with van der Waals surface area (Å²) in [6, 6.07) is 14.4. The van der Waals surface area contributed by atoms with Crippen molar-refractivity contribution in [3.05, 3.63) is 84.9 Å². The first-order chi connectivity index (χ1) is 34.5. The van der Waals surface area contributed by atoms with E-state index < -0.39 is 150 Å². The van der Waals surface area contributed by atoms with Crippen LogP contribution in [0.5, 0.6) is 5.75 Å². The molecule has 0 spiro atoms. The molecule has 0 amide bonds. The van der Waals surface area contributed by atoms with E-state index in [1.54, 1.807) is 6.92 Å². The number of benzene rings is 5. The summed E-state index contributed by atoms with van der Waals surface area (Å²) in [7, 11) is -33.9. The van der Waals surface area contributed by atoms with Crippen LogP contribution < -0.4 is 21.3 Å². The van der Waals surface area contributed by atoms with E-state index in [1.807, 2.05) is 0 Å². The van der Waals surface area contributed by atoms with Gasteiger partial charge in [-0.05, 0) is 85.1 Å². The molecule has 0 fully saturated rings. The third-order valence-electron chi connectivity index (χ3n) is 9.80. The van der Waals surface area contributed by atoms with E-state index in [9.17, 15) is 77.7 Å². The molecule has 0 aliphatic rings. The number of hydrogen-bond acceptors (Lipinski definition) is 26. The van der Waals surface area contributed by atoms with Gasteiger partial charge in [0, 0.05) is 29.7 Å². The molecular formula is C37H37N9O22S7. The molecule has 0 bridgehead atoms. The van der Waals surface area contributed by atoms with Gasteiger partial charge in [0.15, 0.2) is 19.7 Å². The highest BCUT2D eigenvalue weighted by Crippen LogP contribution is 2.44. The first-order valence-electron chi connectivity index (χ1n) is 20.1. The van der Waals surface area contributed by atoms with E-state index in [0.717, 1.165) is 42.5 Å². The summed E-state index contributed by atoms with van der Waals surface area (Å²) in [4.78, 5) is 10.9. The molecule has 0 aliphatic heterocycles. The summed E-state index contributed by atoms with van der Waals surface area (Å²) < 4.78 is 225. The zero-order valence-corrected chi connectivity index (χ0v) is 43.2. The predicted octanol–water partition coefficient (Wildman–Crippen LogP) is 3.30. The van der Waals surface area contributed by atoms with Gasteiger partial charge >= 0.3 is 20.8 Å². The Bertz CT molecular complexity index is 4100. The molecule has 6 aromatic rings. The average Bonchev–Trinajstić information content (AvgIpc) is 3.27. The normalized spacial score (nSPS) is 13.0.